The first-order valence-electron chi connectivity index (χ1n) is 9.06. The number of aryl methyl sites for hydroxylation is 1. The van der Waals surface area contributed by atoms with E-state index >= 15 is 0 Å². The number of nitrogens with one attached hydrogen (secondary N) is 2. The molecule has 0 radical (unpaired) electrons. The number of rotatable bonds is 8. The van der Waals surface area contributed by atoms with Gasteiger partial charge in [0.05, 0.1) is 12.8 Å². The molecule has 2 N–H and O–H groups in total. The van der Waals surface area contributed by atoms with E-state index in [1.165, 1.54) is 5.56 Å². The summed E-state index contributed by atoms with van der Waals surface area (Å²) in [4.78, 5) is 24.4. The van der Waals surface area contributed by atoms with Gasteiger partial charge < -0.3 is 19.8 Å². The Morgan fingerprint density at radius 2 is 1.86 bits per heavy atom. The summed E-state index contributed by atoms with van der Waals surface area (Å²) in [7, 11) is 0. The molecule has 0 bridgehead atoms. The summed E-state index contributed by atoms with van der Waals surface area (Å²) >= 11 is 0. The van der Waals surface area contributed by atoms with Crippen LogP contribution in [-0.4, -0.2) is 18.4 Å². The average Bonchev–Trinajstić information content (AvgIpc) is 3.25. The quantitative estimate of drug-likeness (QED) is 0.625. The third-order valence-corrected chi connectivity index (χ3v) is 4.11. The molecule has 0 aliphatic heterocycles. The van der Waals surface area contributed by atoms with Gasteiger partial charge in [-0.25, -0.2) is 0 Å². The van der Waals surface area contributed by atoms with Crippen molar-refractivity contribution >= 4 is 17.5 Å². The molecule has 2 amide bonds. The first-order chi connectivity index (χ1) is 13.6. The van der Waals surface area contributed by atoms with Crippen molar-refractivity contribution in [3.05, 3.63) is 83.8 Å². The van der Waals surface area contributed by atoms with Gasteiger partial charge in [-0.15, -0.1) is 0 Å². The lowest BCUT2D eigenvalue weighted by molar-refractivity contribution is -0.118. The van der Waals surface area contributed by atoms with Crippen molar-refractivity contribution < 1.29 is 18.7 Å². The highest BCUT2D eigenvalue weighted by atomic mass is 16.5. The highest BCUT2D eigenvalue weighted by Gasteiger charge is 2.09. The van der Waals surface area contributed by atoms with Crippen LogP contribution in [0.4, 0.5) is 5.69 Å². The number of carbonyl (C=O) groups excluding carboxylic acids is 2. The minimum atomic E-state index is -0.298. The van der Waals surface area contributed by atoms with Crippen molar-refractivity contribution in [2.24, 2.45) is 0 Å². The van der Waals surface area contributed by atoms with Gasteiger partial charge >= 0.3 is 0 Å². The summed E-state index contributed by atoms with van der Waals surface area (Å²) < 4.78 is 10.7. The molecule has 0 saturated carbocycles. The van der Waals surface area contributed by atoms with Crippen LogP contribution in [0.25, 0.3) is 0 Å². The Kier molecular flexibility index (Phi) is 6.46. The molecule has 28 heavy (non-hydrogen) atoms. The highest BCUT2D eigenvalue weighted by molar-refractivity contribution is 5.97. The number of ether oxygens (including phenoxy) is 1. The van der Waals surface area contributed by atoms with E-state index in [1.807, 2.05) is 24.3 Å². The fraction of sp³-hybridized carbons (Fsp3) is 0.182. The highest BCUT2D eigenvalue weighted by Crippen LogP contribution is 2.14. The maximum absolute atomic E-state index is 12.3. The molecule has 0 spiro atoms. The van der Waals surface area contributed by atoms with Gasteiger partial charge in [0.25, 0.3) is 11.8 Å². The molecule has 0 aliphatic carbocycles. The van der Waals surface area contributed by atoms with E-state index in [9.17, 15) is 9.59 Å². The molecule has 1 aromatic heterocycles. The molecule has 3 rings (SSSR count). The van der Waals surface area contributed by atoms with Crippen molar-refractivity contribution in [1.29, 1.82) is 0 Å². The first kappa shape index (κ1) is 19.2. The lowest BCUT2D eigenvalue weighted by atomic mass is 10.2. The minimum absolute atomic E-state index is 0.111. The molecule has 0 saturated heterocycles. The van der Waals surface area contributed by atoms with Crippen LogP contribution in [-0.2, 0) is 17.8 Å². The van der Waals surface area contributed by atoms with Gasteiger partial charge in [-0.05, 0) is 54.4 Å². The Morgan fingerprint density at radius 1 is 1.04 bits per heavy atom. The Balaban J connectivity index is 1.51. The maximum Gasteiger partial charge on any atom is 0.262 e. The topological polar surface area (TPSA) is 80.6 Å². The lowest BCUT2D eigenvalue weighted by Gasteiger charge is -2.09. The number of hydrogen-bond acceptors (Lipinski definition) is 4. The summed E-state index contributed by atoms with van der Waals surface area (Å²) in [6.07, 6.45) is 2.50. The summed E-state index contributed by atoms with van der Waals surface area (Å²) in [6, 6.07) is 17.9. The number of amides is 2. The van der Waals surface area contributed by atoms with Crippen LogP contribution in [0.5, 0.6) is 5.75 Å². The molecule has 6 nitrogen and oxygen atoms in total. The zero-order valence-electron chi connectivity index (χ0n) is 15.6. The minimum Gasteiger partial charge on any atom is -0.484 e. The predicted octanol–water partition coefficient (Wildman–Crippen LogP) is 3.79. The standard InChI is InChI=1S/C22H22N2O4/c1-2-16-8-10-19(11-9-16)28-15-21(25)24-18-6-3-5-17(13-18)22(26)23-14-20-7-4-12-27-20/h3-13H,2,14-15H2,1H3,(H,23,26)(H,24,25). The largest absolute Gasteiger partial charge is 0.484 e. The molecule has 0 unspecified atom stereocenters. The van der Waals surface area contributed by atoms with E-state index in [0.717, 1.165) is 6.42 Å². The molecular formula is C22H22N2O4. The number of benzene rings is 2. The predicted molar refractivity (Wildman–Crippen MR) is 106 cm³/mol. The molecule has 0 fully saturated rings. The zero-order chi connectivity index (χ0) is 19.8. The number of carbonyl (C=O) groups is 2. The lowest BCUT2D eigenvalue weighted by Crippen LogP contribution is -2.23. The number of hydrogen-bond donors (Lipinski definition) is 2. The number of furan rings is 1. The molecule has 2 aromatic carbocycles. The summed E-state index contributed by atoms with van der Waals surface area (Å²) in [6.45, 7) is 2.27. The van der Waals surface area contributed by atoms with Gasteiger partial charge in [0.2, 0.25) is 0 Å². The van der Waals surface area contributed by atoms with Crippen molar-refractivity contribution in [2.75, 3.05) is 11.9 Å². The first-order valence-corrected chi connectivity index (χ1v) is 9.06. The summed E-state index contributed by atoms with van der Waals surface area (Å²) in [5, 5.41) is 5.50. The Labute approximate surface area is 163 Å². The second-order valence-electron chi connectivity index (χ2n) is 6.18. The third kappa shape index (κ3) is 5.48. The van der Waals surface area contributed by atoms with Crippen molar-refractivity contribution in [2.45, 2.75) is 19.9 Å². The van der Waals surface area contributed by atoms with Crippen LogP contribution in [0.2, 0.25) is 0 Å². The smallest absolute Gasteiger partial charge is 0.262 e. The average molecular weight is 378 g/mol. The van der Waals surface area contributed by atoms with Crippen LogP contribution in [0.15, 0.2) is 71.3 Å². The van der Waals surface area contributed by atoms with Crippen LogP contribution in [0.1, 0.15) is 28.6 Å². The van der Waals surface area contributed by atoms with Crippen LogP contribution in [0, 0.1) is 0 Å². The Morgan fingerprint density at radius 3 is 2.57 bits per heavy atom. The molecule has 3 aromatic rings. The number of anilines is 1. The van der Waals surface area contributed by atoms with E-state index in [1.54, 1.807) is 42.7 Å². The molecule has 0 aliphatic rings. The summed E-state index contributed by atoms with van der Waals surface area (Å²) in [5.41, 5.74) is 2.18. The third-order valence-electron chi connectivity index (χ3n) is 4.11. The van der Waals surface area contributed by atoms with Gasteiger partial charge in [-0.1, -0.05) is 25.1 Å². The molecule has 144 valence electrons. The second-order valence-corrected chi connectivity index (χ2v) is 6.18. The van der Waals surface area contributed by atoms with Crippen LogP contribution < -0.4 is 15.4 Å². The second kappa shape index (κ2) is 9.41. The van der Waals surface area contributed by atoms with E-state index in [4.69, 9.17) is 9.15 Å². The van der Waals surface area contributed by atoms with Gasteiger partial charge in [-0.3, -0.25) is 9.59 Å². The van der Waals surface area contributed by atoms with E-state index in [-0.39, 0.29) is 18.4 Å². The zero-order valence-corrected chi connectivity index (χ0v) is 15.6. The van der Waals surface area contributed by atoms with Gasteiger partial charge in [0, 0.05) is 11.3 Å². The van der Waals surface area contributed by atoms with Crippen LogP contribution in [0.3, 0.4) is 0 Å². The summed E-state index contributed by atoms with van der Waals surface area (Å²) in [5.74, 6) is 0.757. The Bertz CT molecular complexity index is 918. The van der Waals surface area contributed by atoms with Gasteiger partial charge in [-0.2, -0.15) is 0 Å². The van der Waals surface area contributed by atoms with Crippen molar-refractivity contribution in [3.8, 4) is 5.75 Å². The van der Waals surface area contributed by atoms with Crippen molar-refractivity contribution in [1.82, 2.24) is 5.32 Å². The molecule has 6 heteroatoms. The molecule has 0 atom stereocenters. The van der Waals surface area contributed by atoms with E-state index < -0.39 is 0 Å². The van der Waals surface area contributed by atoms with E-state index in [0.29, 0.717) is 29.3 Å². The SMILES string of the molecule is CCc1ccc(OCC(=O)Nc2cccc(C(=O)NCc3ccco3)c2)cc1. The maximum atomic E-state index is 12.3. The molecule has 1 heterocycles. The fourth-order valence-corrected chi connectivity index (χ4v) is 2.59. The van der Waals surface area contributed by atoms with Crippen LogP contribution >= 0.6 is 0 Å². The normalized spacial score (nSPS) is 10.3. The Hall–Kier alpha value is -3.54. The monoisotopic (exact) mass is 378 g/mol. The van der Waals surface area contributed by atoms with Gasteiger partial charge in [0.1, 0.15) is 11.5 Å². The van der Waals surface area contributed by atoms with Crippen molar-refractivity contribution in [3.63, 3.8) is 0 Å². The molecular weight excluding hydrogens is 356 g/mol. The van der Waals surface area contributed by atoms with Gasteiger partial charge in [0.15, 0.2) is 6.61 Å². The van der Waals surface area contributed by atoms with E-state index in [2.05, 4.69) is 17.6 Å². The fourth-order valence-electron chi connectivity index (χ4n) is 2.59.